The van der Waals surface area contributed by atoms with Crippen LogP contribution in [0.5, 0.6) is 0 Å². The van der Waals surface area contributed by atoms with Crippen molar-refractivity contribution in [3.63, 3.8) is 0 Å². The van der Waals surface area contributed by atoms with Gasteiger partial charge in [-0.15, -0.1) is 0 Å². The van der Waals surface area contributed by atoms with E-state index in [1.54, 1.807) is 29.2 Å². The number of amides is 1. The van der Waals surface area contributed by atoms with Crippen molar-refractivity contribution in [3.05, 3.63) is 52.1 Å². The van der Waals surface area contributed by atoms with Crippen LogP contribution in [0, 0.1) is 33.3 Å². The summed E-state index contributed by atoms with van der Waals surface area (Å²) in [6.07, 6.45) is 7.34. The van der Waals surface area contributed by atoms with Crippen LogP contribution in [-0.4, -0.2) is 41.1 Å². The SMILES string of the molecule is O=C(OCc1ccc2ccccc2c1[N+](=O)[O-])N1CCC(OC(=O)C23CC4CC(CC(C4)C2)C3)CC1. The lowest BCUT2D eigenvalue weighted by molar-refractivity contribution is -0.384. The van der Waals surface area contributed by atoms with E-state index in [1.165, 1.54) is 19.3 Å². The van der Waals surface area contributed by atoms with E-state index >= 15 is 0 Å². The monoisotopic (exact) mass is 492 g/mol. The number of carbonyl (C=O) groups is 2. The first kappa shape index (κ1) is 23.3. The molecule has 0 radical (unpaired) electrons. The second kappa shape index (κ2) is 9.05. The van der Waals surface area contributed by atoms with Gasteiger partial charge in [0.05, 0.1) is 21.3 Å². The van der Waals surface area contributed by atoms with E-state index in [4.69, 9.17) is 9.47 Å². The van der Waals surface area contributed by atoms with Crippen LogP contribution in [-0.2, 0) is 20.9 Å². The van der Waals surface area contributed by atoms with Crippen LogP contribution in [0.15, 0.2) is 36.4 Å². The Morgan fingerprint density at radius 3 is 2.25 bits per heavy atom. The summed E-state index contributed by atoms with van der Waals surface area (Å²) in [6, 6.07) is 10.5. The Labute approximate surface area is 210 Å². The second-order valence-corrected chi connectivity index (χ2v) is 11.4. The maximum Gasteiger partial charge on any atom is 0.410 e. The smallest absolute Gasteiger partial charge is 0.410 e. The molecule has 4 aliphatic carbocycles. The van der Waals surface area contributed by atoms with Crippen LogP contribution in [0.2, 0.25) is 0 Å². The summed E-state index contributed by atoms with van der Waals surface area (Å²) in [4.78, 5) is 38.8. The summed E-state index contributed by atoms with van der Waals surface area (Å²) in [6.45, 7) is 0.718. The number of hydrogen-bond donors (Lipinski definition) is 0. The Bertz CT molecular complexity index is 1170. The lowest BCUT2D eigenvalue weighted by Crippen LogP contribution is -2.51. The molecule has 190 valence electrons. The quantitative estimate of drug-likeness (QED) is 0.306. The summed E-state index contributed by atoms with van der Waals surface area (Å²) in [5.74, 6) is 2.07. The Hall–Kier alpha value is -3.16. The average molecular weight is 493 g/mol. The number of likely N-dealkylation sites (tertiary alicyclic amines) is 1. The fourth-order valence-electron chi connectivity index (χ4n) is 7.66. The van der Waals surface area contributed by atoms with Gasteiger partial charge in [-0.1, -0.05) is 24.3 Å². The van der Waals surface area contributed by atoms with Gasteiger partial charge in [-0.2, -0.15) is 0 Å². The minimum atomic E-state index is -0.497. The third kappa shape index (κ3) is 4.20. The highest BCUT2D eigenvalue weighted by Crippen LogP contribution is 2.60. The molecule has 8 heteroatoms. The number of piperidine rings is 1. The number of rotatable bonds is 5. The van der Waals surface area contributed by atoms with Crippen LogP contribution < -0.4 is 0 Å². The van der Waals surface area contributed by atoms with Gasteiger partial charge in [0, 0.05) is 25.9 Å². The van der Waals surface area contributed by atoms with Crippen LogP contribution in [0.4, 0.5) is 10.5 Å². The molecule has 0 unspecified atom stereocenters. The second-order valence-electron chi connectivity index (χ2n) is 11.4. The lowest BCUT2D eigenvalue weighted by Gasteiger charge is -2.55. The van der Waals surface area contributed by atoms with Gasteiger partial charge in [0.15, 0.2) is 0 Å². The highest BCUT2D eigenvalue weighted by molar-refractivity contribution is 5.92. The molecule has 0 aromatic heterocycles. The number of esters is 1. The van der Waals surface area contributed by atoms with Crippen molar-refractivity contribution in [1.29, 1.82) is 0 Å². The van der Waals surface area contributed by atoms with E-state index in [1.807, 2.05) is 12.1 Å². The number of benzene rings is 2. The zero-order valence-corrected chi connectivity index (χ0v) is 20.4. The van der Waals surface area contributed by atoms with Crippen molar-refractivity contribution in [2.45, 2.75) is 64.1 Å². The molecule has 2 aromatic carbocycles. The van der Waals surface area contributed by atoms with Crippen molar-refractivity contribution < 1.29 is 24.0 Å². The molecule has 36 heavy (non-hydrogen) atoms. The predicted molar refractivity (Wildman–Crippen MR) is 132 cm³/mol. The molecule has 7 rings (SSSR count). The van der Waals surface area contributed by atoms with Crippen LogP contribution in [0.25, 0.3) is 10.8 Å². The summed E-state index contributed by atoms with van der Waals surface area (Å²) >= 11 is 0. The van der Waals surface area contributed by atoms with Crippen molar-refractivity contribution in [3.8, 4) is 0 Å². The fourth-order valence-corrected chi connectivity index (χ4v) is 7.66. The largest absolute Gasteiger partial charge is 0.462 e. The zero-order valence-electron chi connectivity index (χ0n) is 20.4. The molecule has 0 atom stereocenters. The molecular formula is C28H32N2O6. The van der Waals surface area contributed by atoms with E-state index in [9.17, 15) is 19.7 Å². The van der Waals surface area contributed by atoms with Gasteiger partial charge in [-0.25, -0.2) is 4.79 Å². The number of ether oxygens (including phenoxy) is 2. The third-order valence-corrected chi connectivity index (χ3v) is 8.96. The molecular weight excluding hydrogens is 460 g/mol. The number of fused-ring (bicyclic) bond motifs is 1. The predicted octanol–water partition coefficient (Wildman–Crippen LogP) is 5.61. The van der Waals surface area contributed by atoms with E-state index in [2.05, 4.69) is 0 Å². The van der Waals surface area contributed by atoms with Gasteiger partial charge in [0.2, 0.25) is 0 Å². The van der Waals surface area contributed by atoms with Gasteiger partial charge in [0.25, 0.3) is 5.69 Å². The highest BCUT2D eigenvalue weighted by Gasteiger charge is 2.55. The van der Waals surface area contributed by atoms with E-state index < -0.39 is 11.0 Å². The first-order chi connectivity index (χ1) is 17.4. The molecule has 1 aliphatic heterocycles. The maximum atomic E-state index is 13.2. The van der Waals surface area contributed by atoms with Crippen LogP contribution in [0.1, 0.15) is 56.9 Å². The fraction of sp³-hybridized carbons (Fsp3) is 0.571. The topological polar surface area (TPSA) is 99.0 Å². The summed E-state index contributed by atoms with van der Waals surface area (Å²) < 4.78 is 11.5. The number of carbonyl (C=O) groups excluding carboxylic acids is 2. The summed E-state index contributed by atoms with van der Waals surface area (Å²) in [5, 5.41) is 13.0. The van der Waals surface area contributed by atoms with E-state index in [-0.39, 0.29) is 29.8 Å². The Morgan fingerprint density at radius 1 is 0.972 bits per heavy atom. The number of hydrogen-bond acceptors (Lipinski definition) is 6. The maximum absolute atomic E-state index is 13.2. The molecule has 1 heterocycles. The zero-order chi connectivity index (χ0) is 24.9. The number of nitrogens with zero attached hydrogens (tertiary/aromatic N) is 2. The molecule has 0 spiro atoms. The normalized spacial score (nSPS) is 29.3. The Balaban J connectivity index is 1.03. The Kier molecular flexibility index (Phi) is 5.85. The molecule has 8 nitrogen and oxygen atoms in total. The minimum absolute atomic E-state index is 0.00811. The summed E-state index contributed by atoms with van der Waals surface area (Å²) in [7, 11) is 0. The van der Waals surface area contributed by atoms with Gasteiger partial charge in [0.1, 0.15) is 12.7 Å². The van der Waals surface area contributed by atoms with Gasteiger partial charge in [-0.3, -0.25) is 14.9 Å². The first-order valence-corrected chi connectivity index (χ1v) is 13.2. The Morgan fingerprint density at radius 2 is 1.61 bits per heavy atom. The van der Waals surface area contributed by atoms with Crippen molar-refractivity contribution in [1.82, 2.24) is 4.90 Å². The van der Waals surface area contributed by atoms with Crippen molar-refractivity contribution >= 4 is 28.5 Å². The minimum Gasteiger partial charge on any atom is -0.462 e. The summed E-state index contributed by atoms with van der Waals surface area (Å²) in [5.41, 5.74) is 0.0713. The van der Waals surface area contributed by atoms with Gasteiger partial charge in [-0.05, 0) is 73.8 Å². The number of nitro groups is 1. The molecule has 5 aliphatic rings. The third-order valence-electron chi connectivity index (χ3n) is 8.96. The van der Waals surface area contributed by atoms with Crippen LogP contribution in [0.3, 0.4) is 0 Å². The lowest BCUT2D eigenvalue weighted by atomic mass is 9.49. The average Bonchev–Trinajstić information content (AvgIpc) is 2.86. The van der Waals surface area contributed by atoms with Crippen molar-refractivity contribution in [2.75, 3.05) is 13.1 Å². The molecule has 0 N–H and O–H groups in total. The van der Waals surface area contributed by atoms with Gasteiger partial charge >= 0.3 is 12.1 Å². The number of nitro benzene ring substituents is 1. The first-order valence-electron chi connectivity index (χ1n) is 13.2. The van der Waals surface area contributed by atoms with E-state index in [0.717, 1.165) is 24.6 Å². The molecule has 1 amide bonds. The van der Waals surface area contributed by atoms with Crippen LogP contribution >= 0.6 is 0 Å². The standard InChI is InChI=1S/C28H32N2O6/c31-26(28-14-18-11-19(15-28)13-20(12-18)16-28)36-23-7-9-29(10-8-23)27(32)35-17-22-6-5-21-3-1-2-4-24(21)25(22)30(33)34/h1-6,18-20,23H,7-17H2. The highest BCUT2D eigenvalue weighted by atomic mass is 16.6. The molecule has 4 saturated carbocycles. The molecule has 1 saturated heterocycles. The molecule has 2 aromatic rings. The molecule has 5 fully saturated rings. The van der Waals surface area contributed by atoms with Gasteiger partial charge < -0.3 is 14.4 Å². The molecule has 4 bridgehead atoms. The van der Waals surface area contributed by atoms with Crippen molar-refractivity contribution in [2.24, 2.45) is 23.2 Å². The van der Waals surface area contributed by atoms with E-state index in [0.29, 0.717) is 54.6 Å².